The van der Waals surface area contributed by atoms with E-state index in [2.05, 4.69) is 15.0 Å². The third-order valence-corrected chi connectivity index (χ3v) is 7.33. The lowest BCUT2D eigenvalue weighted by Crippen LogP contribution is -2.76. The standard InChI is InChI=1S/C24H28N6O6S.C2H6/c1-13-6-14(2)21(15(3)7-13)37(35,36)29-19(23(33)34)11-27-22(32)17-8-18-5-4-16(10-28-24(25)26)12-30(18)20(31)9-17;1-2/h4-9,12,19,29H,10-11H2,1-3H3,(H,27,32)(H,33,34)(H4,25,26,28);1-2H3/p+1. The average Bonchev–Trinajstić information content (AvgIpc) is 2.85. The van der Waals surface area contributed by atoms with Crippen LogP contribution in [0.15, 0.2) is 52.3 Å². The van der Waals surface area contributed by atoms with Gasteiger partial charge in [0.05, 0.1) is 11.4 Å². The molecule has 1 atom stereocenters. The maximum atomic E-state index is 13.0. The summed E-state index contributed by atoms with van der Waals surface area (Å²) < 4.78 is 29.4. The van der Waals surface area contributed by atoms with Gasteiger partial charge in [-0.05, 0) is 44.0 Å². The van der Waals surface area contributed by atoms with Crippen LogP contribution in [-0.2, 0) is 21.4 Å². The molecule has 210 valence electrons. The summed E-state index contributed by atoms with van der Waals surface area (Å²) in [5.41, 5.74) is 13.2. The summed E-state index contributed by atoms with van der Waals surface area (Å²) in [4.78, 5) is 39.8. The molecule has 3 aromatic rings. The number of sulfonamides is 1. The summed E-state index contributed by atoms with van der Waals surface area (Å²) in [6, 6.07) is 7.63. The van der Waals surface area contributed by atoms with E-state index in [1.165, 1.54) is 10.5 Å². The minimum absolute atomic E-state index is 0.00682. The van der Waals surface area contributed by atoms with Crippen molar-refractivity contribution < 1.29 is 28.1 Å². The van der Waals surface area contributed by atoms with Crippen molar-refractivity contribution in [3.8, 4) is 0 Å². The van der Waals surface area contributed by atoms with Crippen LogP contribution in [0.5, 0.6) is 0 Å². The van der Waals surface area contributed by atoms with E-state index < -0.39 is 40.0 Å². The maximum absolute atomic E-state index is 13.0. The van der Waals surface area contributed by atoms with Gasteiger partial charge in [-0.2, -0.15) is 4.72 Å². The van der Waals surface area contributed by atoms with E-state index in [-0.39, 0.29) is 16.4 Å². The van der Waals surface area contributed by atoms with Gasteiger partial charge < -0.3 is 10.4 Å². The molecule has 39 heavy (non-hydrogen) atoms. The number of carbonyl (C=O) groups is 2. The molecule has 1 aromatic carbocycles. The smallest absolute Gasteiger partial charge is 0.339 e. The highest BCUT2D eigenvalue weighted by Gasteiger charge is 2.28. The zero-order valence-electron chi connectivity index (χ0n) is 22.5. The largest absolute Gasteiger partial charge is 0.480 e. The number of pyridine rings is 2. The molecule has 0 aliphatic carbocycles. The molecule has 0 radical (unpaired) electrons. The molecule has 2 aromatic heterocycles. The number of amides is 1. The highest BCUT2D eigenvalue weighted by atomic mass is 32.2. The van der Waals surface area contributed by atoms with Crippen molar-refractivity contribution >= 4 is 33.4 Å². The summed E-state index contributed by atoms with van der Waals surface area (Å²) in [6.07, 6.45) is 1.57. The number of aliphatic carboxylic acids is 1. The Morgan fingerprint density at radius 3 is 2.23 bits per heavy atom. The summed E-state index contributed by atoms with van der Waals surface area (Å²) in [6.45, 7) is 8.82. The van der Waals surface area contributed by atoms with Crippen molar-refractivity contribution in [1.82, 2.24) is 14.4 Å². The minimum atomic E-state index is -4.20. The number of hydrogen-bond acceptors (Lipinski definition) is 5. The van der Waals surface area contributed by atoms with Crippen molar-refractivity contribution in [1.29, 1.82) is 0 Å². The molecule has 1 unspecified atom stereocenters. The van der Waals surface area contributed by atoms with E-state index in [9.17, 15) is 27.9 Å². The van der Waals surface area contributed by atoms with Crippen LogP contribution in [0.3, 0.4) is 0 Å². The van der Waals surface area contributed by atoms with Gasteiger partial charge in [0.2, 0.25) is 10.0 Å². The number of carboxylic acid groups (broad SMARTS) is 1. The van der Waals surface area contributed by atoms with Gasteiger partial charge in [0, 0.05) is 35.5 Å². The molecule has 0 bridgehead atoms. The molecule has 0 fully saturated rings. The minimum Gasteiger partial charge on any atom is -0.480 e. The number of guanidine groups is 1. The van der Waals surface area contributed by atoms with E-state index in [1.807, 2.05) is 20.8 Å². The number of rotatable bonds is 9. The predicted octanol–water partition coefficient (Wildman–Crippen LogP) is -0.734. The first-order chi connectivity index (χ1) is 18.3. The highest BCUT2D eigenvalue weighted by Crippen LogP contribution is 2.22. The highest BCUT2D eigenvalue weighted by molar-refractivity contribution is 7.89. The maximum Gasteiger partial charge on any atom is 0.339 e. The molecule has 0 aliphatic heterocycles. The van der Waals surface area contributed by atoms with Gasteiger partial charge >= 0.3 is 11.9 Å². The Bertz CT molecular complexity index is 1550. The first kappa shape index (κ1) is 31.0. The first-order valence-corrected chi connectivity index (χ1v) is 13.6. The first-order valence-electron chi connectivity index (χ1n) is 12.2. The third-order valence-electron chi connectivity index (χ3n) is 5.56. The number of aryl methyl sites for hydroxylation is 3. The Kier molecular flexibility index (Phi) is 10.3. The number of carboxylic acids is 1. The SMILES string of the molecule is CC.Cc1cc(C)c(S(=O)(=O)NC(CNC(=O)c2cc(=O)n3cc(C[NH+]=C(N)N)ccc3c2)C(=O)O)c(C)c1. The quantitative estimate of drug-likeness (QED) is 0.145. The average molecular weight is 560 g/mol. The summed E-state index contributed by atoms with van der Waals surface area (Å²) in [5, 5.41) is 12.0. The van der Waals surface area contributed by atoms with Crippen LogP contribution in [0.25, 0.3) is 5.52 Å². The molecular weight excluding hydrogens is 524 g/mol. The molecule has 0 saturated heterocycles. The number of nitrogens with two attached hydrogens (primary N) is 2. The number of nitrogens with zero attached hydrogens (tertiary/aromatic N) is 1. The van der Waals surface area contributed by atoms with E-state index in [0.717, 1.165) is 17.2 Å². The lowest BCUT2D eigenvalue weighted by molar-refractivity contribution is -0.477. The molecule has 13 heteroatoms. The summed E-state index contributed by atoms with van der Waals surface area (Å²) in [5.74, 6) is -2.17. The molecule has 3 rings (SSSR count). The summed E-state index contributed by atoms with van der Waals surface area (Å²) in [7, 11) is -4.20. The fourth-order valence-electron chi connectivity index (χ4n) is 4.02. The number of aromatic nitrogens is 1. The van der Waals surface area contributed by atoms with Crippen LogP contribution in [0, 0.1) is 20.8 Å². The van der Waals surface area contributed by atoms with Gasteiger partial charge in [-0.15, -0.1) is 0 Å². The Morgan fingerprint density at radius 1 is 1.05 bits per heavy atom. The number of nitrogens with one attached hydrogen (secondary N) is 3. The molecule has 8 N–H and O–H groups in total. The van der Waals surface area contributed by atoms with Crippen molar-refractivity contribution in [2.24, 2.45) is 11.5 Å². The normalized spacial score (nSPS) is 11.7. The fourth-order valence-corrected chi connectivity index (χ4v) is 5.66. The Morgan fingerprint density at radius 2 is 1.67 bits per heavy atom. The predicted molar refractivity (Wildman–Crippen MR) is 148 cm³/mol. The Balaban J connectivity index is 0.00000260. The van der Waals surface area contributed by atoms with Crippen LogP contribution in [0.4, 0.5) is 0 Å². The van der Waals surface area contributed by atoms with E-state index in [1.54, 1.807) is 44.3 Å². The molecule has 12 nitrogen and oxygen atoms in total. The van der Waals surface area contributed by atoms with Crippen LogP contribution in [0.2, 0.25) is 0 Å². The van der Waals surface area contributed by atoms with Gasteiger partial charge in [0.15, 0.2) is 0 Å². The second-order valence-electron chi connectivity index (χ2n) is 8.67. The molecule has 0 saturated carbocycles. The fraction of sp³-hybridized carbons (Fsp3) is 0.308. The molecule has 0 spiro atoms. The monoisotopic (exact) mass is 559 g/mol. The Hall–Kier alpha value is -4.23. The van der Waals surface area contributed by atoms with Crippen LogP contribution in [0.1, 0.15) is 46.5 Å². The third kappa shape index (κ3) is 7.88. The molecule has 2 heterocycles. The van der Waals surface area contributed by atoms with Crippen molar-refractivity contribution in [3.63, 3.8) is 0 Å². The van der Waals surface area contributed by atoms with Crippen molar-refractivity contribution in [2.45, 2.75) is 52.1 Å². The number of carbonyl (C=O) groups excluding carboxylic acids is 1. The van der Waals surface area contributed by atoms with Crippen molar-refractivity contribution in [2.75, 3.05) is 6.54 Å². The van der Waals surface area contributed by atoms with Crippen molar-refractivity contribution in [3.05, 3.63) is 80.8 Å². The molecule has 1 amide bonds. The number of hydrogen-bond donors (Lipinski definition) is 6. The van der Waals surface area contributed by atoms with Crippen LogP contribution >= 0.6 is 0 Å². The van der Waals surface area contributed by atoms with Gasteiger partial charge in [-0.3, -0.25) is 35.2 Å². The molecule has 0 aliphatic rings. The summed E-state index contributed by atoms with van der Waals surface area (Å²) >= 11 is 0. The topological polar surface area (TPSA) is 200 Å². The second-order valence-corrected chi connectivity index (χ2v) is 10.3. The number of fused-ring (bicyclic) bond motifs is 1. The zero-order chi connectivity index (χ0) is 29.5. The van der Waals surface area contributed by atoms with E-state index in [0.29, 0.717) is 23.2 Å². The van der Waals surface area contributed by atoms with Gasteiger partial charge in [0.1, 0.15) is 6.04 Å². The van der Waals surface area contributed by atoms with Crippen LogP contribution in [-0.4, -0.2) is 48.3 Å². The van der Waals surface area contributed by atoms with E-state index in [4.69, 9.17) is 11.5 Å². The van der Waals surface area contributed by atoms with Crippen LogP contribution < -0.4 is 32.1 Å². The Labute approximate surface area is 226 Å². The lowest BCUT2D eigenvalue weighted by atomic mass is 10.1. The van der Waals surface area contributed by atoms with Gasteiger partial charge in [0.25, 0.3) is 11.5 Å². The number of benzene rings is 1. The van der Waals surface area contributed by atoms with Gasteiger partial charge in [-0.1, -0.05) is 37.6 Å². The zero-order valence-corrected chi connectivity index (χ0v) is 23.3. The lowest BCUT2D eigenvalue weighted by Gasteiger charge is -2.18. The second kappa shape index (κ2) is 13.0. The molecular formula is C26H35N6O6S+. The van der Waals surface area contributed by atoms with E-state index >= 15 is 0 Å². The van der Waals surface area contributed by atoms with Gasteiger partial charge in [-0.25, -0.2) is 8.42 Å².